The third-order valence-corrected chi connectivity index (χ3v) is 5.34. The van der Waals surface area contributed by atoms with E-state index in [2.05, 4.69) is 15.6 Å². The monoisotopic (exact) mass is 366 g/mol. The highest BCUT2D eigenvalue weighted by Crippen LogP contribution is 2.25. The number of nitrogens with one attached hydrogen (secondary N) is 2. The van der Waals surface area contributed by atoms with Gasteiger partial charge in [-0.15, -0.1) is 0 Å². The molecule has 3 rings (SSSR count). The molecule has 1 fully saturated rings. The molecule has 1 aromatic heterocycles. The minimum absolute atomic E-state index is 0.128. The number of imide groups is 1. The van der Waals surface area contributed by atoms with Gasteiger partial charge in [0.25, 0.3) is 0 Å². The predicted octanol–water partition coefficient (Wildman–Crippen LogP) is 3.09. The van der Waals surface area contributed by atoms with Crippen LogP contribution in [0.4, 0.5) is 4.79 Å². The largest absolute Gasteiger partial charge is 0.335 e. The van der Waals surface area contributed by atoms with E-state index in [0.29, 0.717) is 10.2 Å². The maximum Gasteiger partial charge on any atom is 0.321 e. The van der Waals surface area contributed by atoms with Crippen molar-refractivity contribution in [1.82, 2.24) is 20.2 Å². The molecule has 6 nitrogen and oxygen atoms in total. The van der Waals surface area contributed by atoms with Crippen molar-refractivity contribution >= 4 is 46.3 Å². The van der Waals surface area contributed by atoms with Crippen molar-refractivity contribution in [2.45, 2.75) is 36.9 Å². The van der Waals surface area contributed by atoms with Crippen LogP contribution in [-0.4, -0.2) is 33.3 Å². The molecule has 0 unspecified atom stereocenters. The van der Waals surface area contributed by atoms with Crippen LogP contribution in [0.1, 0.15) is 25.7 Å². The number of thioether (sulfide) groups is 1. The second kappa shape index (κ2) is 7.44. The molecule has 3 amide bonds. The quantitative estimate of drug-likeness (QED) is 0.815. The summed E-state index contributed by atoms with van der Waals surface area (Å²) < 4.78 is 1.90. The van der Waals surface area contributed by atoms with Crippen molar-refractivity contribution in [1.29, 1.82) is 0 Å². The number of hydrogen-bond acceptors (Lipinski definition) is 4. The highest BCUT2D eigenvalue weighted by Gasteiger charge is 2.18. The van der Waals surface area contributed by atoms with Crippen LogP contribution in [0, 0.1) is 0 Å². The van der Waals surface area contributed by atoms with Crippen molar-refractivity contribution in [2.24, 2.45) is 7.05 Å². The molecule has 0 radical (unpaired) electrons. The Labute approximate surface area is 149 Å². The van der Waals surface area contributed by atoms with Gasteiger partial charge in [0.05, 0.1) is 16.8 Å². The molecule has 1 aromatic carbocycles. The minimum atomic E-state index is -0.413. The lowest BCUT2D eigenvalue weighted by Gasteiger charge is -2.12. The Morgan fingerprint density at radius 1 is 1.38 bits per heavy atom. The van der Waals surface area contributed by atoms with Gasteiger partial charge in [-0.25, -0.2) is 9.78 Å². The van der Waals surface area contributed by atoms with Crippen LogP contribution < -0.4 is 10.6 Å². The van der Waals surface area contributed by atoms with Crippen LogP contribution in [0.2, 0.25) is 5.02 Å². The number of halogens is 1. The molecule has 0 saturated heterocycles. The first kappa shape index (κ1) is 17.1. The average Bonchev–Trinajstić information content (AvgIpc) is 3.13. The van der Waals surface area contributed by atoms with Gasteiger partial charge in [-0.05, 0) is 31.0 Å². The predicted molar refractivity (Wildman–Crippen MR) is 95.4 cm³/mol. The molecule has 1 saturated carbocycles. The summed E-state index contributed by atoms with van der Waals surface area (Å²) in [6.45, 7) is 0. The second-order valence-corrected chi connectivity index (χ2v) is 7.26. The van der Waals surface area contributed by atoms with Gasteiger partial charge in [0.15, 0.2) is 5.16 Å². The van der Waals surface area contributed by atoms with Gasteiger partial charge < -0.3 is 9.88 Å². The summed E-state index contributed by atoms with van der Waals surface area (Å²) in [4.78, 5) is 28.2. The van der Waals surface area contributed by atoms with Gasteiger partial charge in [-0.3, -0.25) is 10.1 Å². The summed E-state index contributed by atoms with van der Waals surface area (Å²) in [5, 5.41) is 6.53. The Morgan fingerprint density at radius 3 is 2.88 bits per heavy atom. The first-order chi connectivity index (χ1) is 11.5. The third kappa shape index (κ3) is 4.02. The fraction of sp³-hybridized carbons (Fsp3) is 0.438. The second-order valence-electron chi connectivity index (χ2n) is 5.88. The Hall–Kier alpha value is -1.73. The van der Waals surface area contributed by atoms with Gasteiger partial charge in [-0.2, -0.15) is 0 Å². The van der Waals surface area contributed by atoms with E-state index in [-0.39, 0.29) is 17.7 Å². The van der Waals surface area contributed by atoms with Crippen LogP contribution >= 0.6 is 23.4 Å². The summed E-state index contributed by atoms with van der Waals surface area (Å²) in [6.07, 6.45) is 4.23. The highest BCUT2D eigenvalue weighted by molar-refractivity contribution is 7.99. The third-order valence-electron chi connectivity index (χ3n) is 4.08. The fourth-order valence-corrected chi connectivity index (χ4v) is 3.82. The van der Waals surface area contributed by atoms with Gasteiger partial charge in [0, 0.05) is 18.1 Å². The van der Waals surface area contributed by atoms with Gasteiger partial charge in [0.1, 0.15) is 0 Å². The van der Waals surface area contributed by atoms with E-state index in [1.807, 2.05) is 17.7 Å². The molecule has 1 aliphatic rings. The first-order valence-electron chi connectivity index (χ1n) is 7.88. The molecule has 8 heteroatoms. The Kier molecular flexibility index (Phi) is 5.30. The van der Waals surface area contributed by atoms with Crippen molar-refractivity contribution in [3.63, 3.8) is 0 Å². The number of carbonyl (C=O) groups excluding carboxylic acids is 2. The maximum atomic E-state index is 11.9. The maximum absolute atomic E-state index is 11.9. The lowest BCUT2D eigenvalue weighted by molar-refractivity contribution is -0.117. The summed E-state index contributed by atoms with van der Waals surface area (Å²) in [5.41, 5.74) is 1.73. The zero-order valence-corrected chi connectivity index (χ0v) is 14.9. The van der Waals surface area contributed by atoms with Crippen LogP contribution in [0.15, 0.2) is 23.4 Å². The molecule has 2 N–H and O–H groups in total. The number of urea groups is 1. The summed E-state index contributed by atoms with van der Waals surface area (Å²) >= 11 is 7.26. The molecule has 2 aromatic rings. The van der Waals surface area contributed by atoms with Gasteiger partial charge in [-0.1, -0.05) is 36.2 Å². The van der Waals surface area contributed by atoms with E-state index in [4.69, 9.17) is 11.6 Å². The Bertz CT molecular complexity index is 771. The number of nitrogens with zero attached hydrogens (tertiary/aromatic N) is 2. The molecule has 0 bridgehead atoms. The van der Waals surface area contributed by atoms with Crippen molar-refractivity contribution < 1.29 is 9.59 Å². The first-order valence-corrected chi connectivity index (χ1v) is 9.24. The number of rotatable bonds is 4. The molecule has 0 spiro atoms. The Morgan fingerprint density at radius 2 is 2.12 bits per heavy atom. The van der Waals surface area contributed by atoms with E-state index in [9.17, 15) is 9.59 Å². The van der Waals surface area contributed by atoms with Crippen molar-refractivity contribution in [3.05, 3.63) is 23.2 Å². The smallest absolute Gasteiger partial charge is 0.321 e. The number of fused-ring (bicyclic) bond motifs is 1. The molecule has 0 atom stereocenters. The summed E-state index contributed by atoms with van der Waals surface area (Å²) in [6, 6.07) is 5.26. The lowest BCUT2D eigenvalue weighted by atomic mass is 10.2. The minimum Gasteiger partial charge on any atom is -0.335 e. The normalized spacial score (nSPS) is 14.9. The molecular weight excluding hydrogens is 348 g/mol. The molecule has 1 heterocycles. The number of aromatic nitrogens is 2. The standard InChI is InChI=1S/C16H19ClN4O2S/c1-21-13-7-6-10(17)8-12(13)19-16(21)24-9-14(22)20-15(23)18-11-4-2-3-5-11/h6-8,11H,2-5,9H2,1H3,(H2,18,20,22,23). The molecule has 1 aliphatic carbocycles. The summed E-state index contributed by atoms with van der Waals surface area (Å²) in [5.74, 6) is -0.205. The van der Waals surface area contributed by atoms with E-state index < -0.39 is 6.03 Å². The van der Waals surface area contributed by atoms with E-state index in [1.54, 1.807) is 12.1 Å². The average molecular weight is 367 g/mol. The topological polar surface area (TPSA) is 76.0 Å². The zero-order chi connectivity index (χ0) is 17.1. The van der Waals surface area contributed by atoms with Crippen LogP contribution in [0.25, 0.3) is 11.0 Å². The Balaban J connectivity index is 1.54. The van der Waals surface area contributed by atoms with Crippen LogP contribution in [0.3, 0.4) is 0 Å². The lowest BCUT2D eigenvalue weighted by Crippen LogP contribution is -2.44. The van der Waals surface area contributed by atoms with Crippen LogP contribution in [-0.2, 0) is 11.8 Å². The number of benzene rings is 1. The fourth-order valence-electron chi connectivity index (χ4n) is 2.86. The number of carbonyl (C=O) groups is 2. The van der Waals surface area contributed by atoms with Crippen molar-refractivity contribution in [2.75, 3.05) is 5.75 Å². The highest BCUT2D eigenvalue weighted by atomic mass is 35.5. The molecule has 24 heavy (non-hydrogen) atoms. The number of aryl methyl sites for hydroxylation is 1. The van der Waals surface area contributed by atoms with Gasteiger partial charge >= 0.3 is 6.03 Å². The SMILES string of the molecule is Cn1c(SCC(=O)NC(=O)NC2CCCC2)nc2cc(Cl)ccc21. The number of imidazole rings is 1. The van der Waals surface area contributed by atoms with E-state index in [0.717, 1.165) is 36.7 Å². The number of hydrogen-bond donors (Lipinski definition) is 2. The molecular formula is C16H19ClN4O2S. The number of amides is 3. The summed E-state index contributed by atoms with van der Waals surface area (Å²) in [7, 11) is 1.89. The molecule has 128 valence electrons. The van der Waals surface area contributed by atoms with Gasteiger partial charge in [0.2, 0.25) is 5.91 Å². The van der Waals surface area contributed by atoms with E-state index in [1.165, 1.54) is 11.8 Å². The molecule has 0 aliphatic heterocycles. The van der Waals surface area contributed by atoms with Crippen LogP contribution in [0.5, 0.6) is 0 Å². The van der Waals surface area contributed by atoms with E-state index >= 15 is 0 Å². The van der Waals surface area contributed by atoms with Crippen molar-refractivity contribution in [3.8, 4) is 0 Å². The zero-order valence-electron chi connectivity index (χ0n) is 13.3.